The Morgan fingerprint density at radius 3 is 2.33 bits per heavy atom. The van der Waals surface area contributed by atoms with Crippen LogP contribution in [0.15, 0.2) is 71.2 Å². The van der Waals surface area contributed by atoms with Crippen LogP contribution >= 0.6 is 27.5 Å². The molecule has 0 unspecified atom stereocenters. The number of halogens is 2. The number of unbranched alkanes of at least 4 members (excludes halogenated alkanes) is 1. The molecule has 0 aliphatic heterocycles. The third-order valence-electron chi connectivity index (χ3n) is 4.25. The molecule has 0 aliphatic rings. The summed E-state index contributed by atoms with van der Waals surface area (Å²) in [6.45, 7) is 2.14. The Kier molecular flexibility index (Phi) is 6.70. The van der Waals surface area contributed by atoms with Crippen LogP contribution in [0, 0.1) is 0 Å². The Morgan fingerprint density at radius 1 is 1.00 bits per heavy atom. The molecule has 0 fully saturated rings. The van der Waals surface area contributed by atoms with Crippen molar-refractivity contribution in [2.45, 2.75) is 26.2 Å². The molecule has 0 aromatic heterocycles. The van der Waals surface area contributed by atoms with Crippen molar-refractivity contribution >= 4 is 33.3 Å². The number of aryl methyl sites for hydroxylation is 1. The first-order chi connectivity index (χ1) is 13.1. The maximum absolute atomic E-state index is 13.0. The second kappa shape index (κ2) is 9.20. The molecule has 0 saturated heterocycles. The second-order valence-corrected chi connectivity index (χ2v) is 7.53. The number of hydrogen-bond donors (Lipinski definition) is 0. The third-order valence-corrected chi connectivity index (χ3v) is 5.41. The number of carbonyl (C=O) groups is 1. The number of ketones is 1. The van der Waals surface area contributed by atoms with Crippen molar-refractivity contribution in [1.29, 1.82) is 0 Å². The van der Waals surface area contributed by atoms with E-state index in [-0.39, 0.29) is 5.78 Å². The zero-order valence-electron chi connectivity index (χ0n) is 15.0. The first-order valence-electron chi connectivity index (χ1n) is 8.94. The van der Waals surface area contributed by atoms with Crippen LogP contribution < -0.4 is 4.74 Å². The molecule has 27 heavy (non-hydrogen) atoms. The van der Waals surface area contributed by atoms with Gasteiger partial charge in [0.2, 0.25) is 0 Å². The summed E-state index contributed by atoms with van der Waals surface area (Å²) in [5.74, 6) is 1.38. The van der Waals surface area contributed by atoms with E-state index in [1.54, 1.807) is 30.3 Å². The molecule has 3 aromatic carbocycles. The average molecular weight is 444 g/mol. The van der Waals surface area contributed by atoms with Crippen LogP contribution in [-0.2, 0) is 6.42 Å². The van der Waals surface area contributed by atoms with E-state index in [0.29, 0.717) is 21.9 Å². The van der Waals surface area contributed by atoms with E-state index in [4.69, 9.17) is 16.3 Å². The van der Waals surface area contributed by atoms with Crippen LogP contribution in [0.1, 0.15) is 41.3 Å². The number of ether oxygens (including phenoxy) is 1. The zero-order valence-corrected chi connectivity index (χ0v) is 17.4. The minimum absolute atomic E-state index is 0.0617. The van der Waals surface area contributed by atoms with Crippen LogP contribution in [0.25, 0.3) is 0 Å². The Labute approximate surface area is 173 Å². The molecule has 0 radical (unpaired) electrons. The van der Waals surface area contributed by atoms with Gasteiger partial charge in [0, 0.05) is 20.6 Å². The summed E-state index contributed by atoms with van der Waals surface area (Å²) in [7, 11) is 0. The van der Waals surface area contributed by atoms with E-state index < -0.39 is 0 Å². The third kappa shape index (κ3) is 5.00. The number of rotatable bonds is 7. The highest BCUT2D eigenvalue weighted by atomic mass is 79.9. The van der Waals surface area contributed by atoms with E-state index in [2.05, 4.69) is 22.9 Å². The lowest BCUT2D eigenvalue weighted by molar-refractivity contribution is 0.103. The second-order valence-electron chi connectivity index (χ2n) is 6.30. The maximum atomic E-state index is 13.0. The lowest BCUT2D eigenvalue weighted by Gasteiger charge is -2.11. The van der Waals surface area contributed by atoms with Gasteiger partial charge in [-0.3, -0.25) is 4.79 Å². The fraction of sp³-hybridized carbons (Fsp3) is 0.174. The largest absolute Gasteiger partial charge is 0.457 e. The standard InChI is InChI=1S/C23H20BrClO2/c1-2-3-7-17-14-18(25)15-21(22(17)24)23(26)16-10-12-20(13-11-16)27-19-8-5-4-6-9-19/h4-6,8-15H,2-3,7H2,1H3. The Bertz CT molecular complexity index is 921. The Balaban J connectivity index is 1.82. The molecule has 138 valence electrons. The zero-order chi connectivity index (χ0) is 19.2. The van der Waals surface area contributed by atoms with Gasteiger partial charge in [-0.15, -0.1) is 0 Å². The highest BCUT2D eigenvalue weighted by Crippen LogP contribution is 2.30. The van der Waals surface area contributed by atoms with E-state index in [1.807, 2.05) is 36.4 Å². The Morgan fingerprint density at radius 2 is 1.67 bits per heavy atom. The summed E-state index contributed by atoms with van der Waals surface area (Å²) >= 11 is 9.85. The first kappa shape index (κ1) is 19.7. The van der Waals surface area contributed by atoms with Gasteiger partial charge >= 0.3 is 0 Å². The molecule has 0 heterocycles. The van der Waals surface area contributed by atoms with Crippen LogP contribution in [0.4, 0.5) is 0 Å². The monoisotopic (exact) mass is 442 g/mol. The molecule has 0 atom stereocenters. The van der Waals surface area contributed by atoms with E-state index in [1.165, 1.54) is 0 Å². The van der Waals surface area contributed by atoms with Crippen LogP contribution in [0.2, 0.25) is 5.02 Å². The van der Waals surface area contributed by atoms with Crippen molar-refractivity contribution in [1.82, 2.24) is 0 Å². The van der Waals surface area contributed by atoms with E-state index >= 15 is 0 Å². The van der Waals surface area contributed by atoms with Gasteiger partial charge in [-0.2, -0.15) is 0 Å². The lowest BCUT2D eigenvalue weighted by Crippen LogP contribution is -2.04. The van der Waals surface area contributed by atoms with Gasteiger partial charge < -0.3 is 4.74 Å². The van der Waals surface area contributed by atoms with Gasteiger partial charge in [-0.05, 0) is 82.9 Å². The van der Waals surface area contributed by atoms with Gasteiger partial charge in [-0.25, -0.2) is 0 Å². The molecule has 0 amide bonds. The molecule has 4 heteroatoms. The van der Waals surface area contributed by atoms with Crippen LogP contribution in [0.5, 0.6) is 11.5 Å². The highest BCUT2D eigenvalue weighted by Gasteiger charge is 2.16. The lowest BCUT2D eigenvalue weighted by atomic mass is 9.99. The number of para-hydroxylation sites is 1. The molecule has 3 aromatic rings. The van der Waals surface area contributed by atoms with Crippen molar-refractivity contribution in [3.8, 4) is 11.5 Å². The summed E-state index contributed by atoms with van der Waals surface area (Å²) in [6, 6.07) is 20.4. The van der Waals surface area contributed by atoms with Gasteiger partial charge in [0.1, 0.15) is 11.5 Å². The van der Waals surface area contributed by atoms with Crippen LogP contribution in [-0.4, -0.2) is 5.78 Å². The molecule has 0 aliphatic carbocycles. The molecular weight excluding hydrogens is 424 g/mol. The fourth-order valence-corrected chi connectivity index (χ4v) is 3.66. The number of carbonyl (C=O) groups excluding carboxylic acids is 1. The van der Waals surface area contributed by atoms with Crippen molar-refractivity contribution in [3.63, 3.8) is 0 Å². The van der Waals surface area contributed by atoms with Crippen molar-refractivity contribution in [2.24, 2.45) is 0 Å². The predicted octanol–water partition coefficient (Wildman–Crippen LogP) is 7.47. The molecule has 0 saturated carbocycles. The topological polar surface area (TPSA) is 26.3 Å². The van der Waals surface area contributed by atoms with Gasteiger partial charge in [0.25, 0.3) is 0 Å². The minimum Gasteiger partial charge on any atom is -0.457 e. The molecule has 2 nitrogen and oxygen atoms in total. The summed E-state index contributed by atoms with van der Waals surface area (Å²) in [5.41, 5.74) is 2.25. The van der Waals surface area contributed by atoms with Crippen molar-refractivity contribution in [3.05, 3.63) is 92.9 Å². The molecular formula is C23H20BrClO2. The molecule has 0 N–H and O–H groups in total. The number of benzene rings is 3. The summed E-state index contributed by atoms with van der Waals surface area (Å²) in [6.07, 6.45) is 3.03. The summed E-state index contributed by atoms with van der Waals surface area (Å²) in [4.78, 5) is 13.0. The van der Waals surface area contributed by atoms with Gasteiger partial charge in [0.05, 0.1) is 0 Å². The predicted molar refractivity (Wildman–Crippen MR) is 114 cm³/mol. The van der Waals surface area contributed by atoms with Crippen molar-refractivity contribution < 1.29 is 9.53 Å². The quantitative estimate of drug-likeness (QED) is 0.354. The van der Waals surface area contributed by atoms with Gasteiger partial charge in [-0.1, -0.05) is 43.1 Å². The summed E-state index contributed by atoms with van der Waals surface area (Å²) in [5, 5.41) is 0.580. The fourth-order valence-electron chi connectivity index (χ4n) is 2.81. The normalized spacial score (nSPS) is 10.6. The molecule has 0 spiro atoms. The van der Waals surface area contributed by atoms with Crippen molar-refractivity contribution in [2.75, 3.05) is 0 Å². The number of hydrogen-bond acceptors (Lipinski definition) is 2. The van der Waals surface area contributed by atoms with E-state index in [9.17, 15) is 4.79 Å². The SMILES string of the molecule is CCCCc1cc(Cl)cc(C(=O)c2ccc(Oc3ccccc3)cc2)c1Br. The molecule has 3 rings (SSSR count). The summed E-state index contributed by atoms with van der Waals surface area (Å²) < 4.78 is 6.61. The average Bonchev–Trinajstić information content (AvgIpc) is 2.69. The Hall–Kier alpha value is -2.10. The van der Waals surface area contributed by atoms with E-state index in [0.717, 1.165) is 35.0 Å². The highest BCUT2D eigenvalue weighted by molar-refractivity contribution is 9.10. The van der Waals surface area contributed by atoms with Crippen LogP contribution in [0.3, 0.4) is 0 Å². The first-order valence-corrected chi connectivity index (χ1v) is 10.1. The molecule has 0 bridgehead atoms. The maximum Gasteiger partial charge on any atom is 0.194 e. The minimum atomic E-state index is -0.0617. The smallest absolute Gasteiger partial charge is 0.194 e. The van der Waals surface area contributed by atoms with Gasteiger partial charge in [0.15, 0.2) is 5.78 Å².